The van der Waals surface area contributed by atoms with Gasteiger partial charge >= 0.3 is 6.09 Å². The summed E-state index contributed by atoms with van der Waals surface area (Å²) in [5.74, 6) is -0.209. The molecule has 3 aromatic carbocycles. The number of aryl methyl sites for hydroxylation is 1. The van der Waals surface area contributed by atoms with Crippen molar-refractivity contribution < 1.29 is 18.7 Å². The topological polar surface area (TPSA) is 70.7 Å². The third-order valence-corrected chi connectivity index (χ3v) is 7.14. The van der Waals surface area contributed by atoms with E-state index in [1.165, 1.54) is 4.90 Å². The van der Waals surface area contributed by atoms with E-state index in [-0.39, 0.29) is 25.0 Å². The number of amides is 2. The van der Waals surface area contributed by atoms with Gasteiger partial charge in [-0.1, -0.05) is 52.3 Å². The Morgan fingerprint density at radius 3 is 2.49 bits per heavy atom. The minimum Gasteiger partial charge on any atom is -0.444 e. The molecule has 0 spiro atoms. The molecule has 2 N–H and O–H groups in total. The lowest BCUT2D eigenvalue weighted by molar-refractivity contribution is 0.0283. The first kappa shape index (κ1) is 26.9. The first-order chi connectivity index (χ1) is 17.4. The van der Waals surface area contributed by atoms with Crippen molar-refractivity contribution in [2.75, 3.05) is 18.4 Å². The SMILES string of the molecule is Cc1ccc(N[C@H]2CN(C(=O)OC(C)(C)C)C[C@@H]2F)cc1C(=O)N[C@H](C)c1ccc(Br)c2ccccc12. The zero-order chi connectivity index (χ0) is 26.9. The Kier molecular flexibility index (Phi) is 7.78. The number of benzene rings is 3. The van der Waals surface area contributed by atoms with E-state index in [4.69, 9.17) is 4.74 Å². The van der Waals surface area contributed by atoms with Crippen molar-refractivity contribution in [3.8, 4) is 0 Å². The van der Waals surface area contributed by atoms with Crippen molar-refractivity contribution in [3.63, 3.8) is 0 Å². The number of halogens is 2. The Balaban J connectivity index is 1.47. The molecule has 1 saturated heterocycles. The van der Waals surface area contributed by atoms with E-state index in [1.807, 2.05) is 62.4 Å². The first-order valence-electron chi connectivity index (χ1n) is 12.4. The first-order valence-corrected chi connectivity index (χ1v) is 13.2. The number of carbonyl (C=O) groups excluding carboxylic acids is 2. The normalized spacial score (nSPS) is 18.5. The van der Waals surface area contributed by atoms with Gasteiger partial charge in [0, 0.05) is 22.3 Å². The molecule has 8 heteroatoms. The summed E-state index contributed by atoms with van der Waals surface area (Å²) in [4.78, 5) is 27.0. The minimum absolute atomic E-state index is 0.0373. The van der Waals surface area contributed by atoms with E-state index in [0.29, 0.717) is 11.3 Å². The summed E-state index contributed by atoms with van der Waals surface area (Å²) in [6.45, 7) is 9.32. The minimum atomic E-state index is -1.25. The Morgan fingerprint density at radius 2 is 1.78 bits per heavy atom. The summed E-state index contributed by atoms with van der Waals surface area (Å²) in [5.41, 5.74) is 2.32. The summed E-state index contributed by atoms with van der Waals surface area (Å²) in [6.07, 6.45) is -1.78. The molecule has 2 amide bonds. The maximum atomic E-state index is 14.8. The van der Waals surface area contributed by atoms with Crippen molar-refractivity contribution in [3.05, 3.63) is 75.8 Å². The van der Waals surface area contributed by atoms with Crippen molar-refractivity contribution in [2.45, 2.75) is 58.5 Å². The van der Waals surface area contributed by atoms with Crippen molar-refractivity contribution in [1.29, 1.82) is 0 Å². The van der Waals surface area contributed by atoms with Gasteiger partial charge in [0.25, 0.3) is 5.91 Å². The molecule has 0 aromatic heterocycles. The molecule has 196 valence electrons. The van der Waals surface area contributed by atoms with Crippen molar-refractivity contribution in [2.24, 2.45) is 0 Å². The largest absolute Gasteiger partial charge is 0.444 e. The van der Waals surface area contributed by atoms with Crippen LogP contribution in [0.2, 0.25) is 0 Å². The molecule has 3 atom stereocenters. The highest BCUT2D eigenvalue weighted by Crippen LogP contribution is 2.30. The number of ether oxygens (including phenoxy) is 1. The molecule has 3 aromatic rings. The average Bonchev–Trinajstić information content (AvgIpc) is 3.19. The molecule has 0 unspecified atom stereocenters. The molecule has 1 fully saturated rings. The van der Waals surface area contributed by atoms with Crippen LogP contribution in [0, 0.1) is 6.92 Å². The second-order valence-electron chi connectivity index (χ2n) is 10.6. The summed E-state index contributed by atoms with van der Waals surface area (Å²) in [5, 5.41) is 8.43. The van der Waals surface area contributed by atoms with Gasteiger partial charge in [0.1, 0.15) is 11.8 Å². The van der Waals surface area contributed by atoms with Crippen molar-refractivity contribution in [1.82, 2.24) is 10.2 Å². The second kappa shape index (κ2) is 10.7. The molecule has 1 aliphatic rings. The maximum Gasteiger partial charge on any atom is 0.410 e. The van der Waals surface area contributed by atoms with E-state index in [1.54, 1.807) is 26.8 Å². The summed E-state index contributed by atoms with van der Waals surface area (Å²) < 4.78 is 21.2. The number of alkyl halides is 1. The molecule has 1 aliphatic heterocycles. The molecule has 37 heavy (non-hydrogen) atoms. The molecule has 0 bridgehead atoms. The summed E-state index contributed by atoms with van der Waals surface area (Å²) >= 11 is 3.60. The maximum absolute atomic E-state index is 14.8. The standard InChI is InChI=1S/C29H33BrFN3O3/c1-17-10-11-19(33-26-16-34(15-25(26)31)28(36)37-29(3,4)5)14-23(17)27(35)32-18(2)20-12-13-24(30)22-9-7-6-8-21(20)22/h6-14,18,25-26,33H,15-16H2,1-5H3,(H,32,35)/t18-,25+,26+/m1/s1. The fourth-order valence-corrected chi connectivity index (χ4v) is 5.04. The number of nitrogens with zero attached hydrogens (tertiary/aromatic N) is 1. The molecule has 0 aliphatic carbocycles. The molecule has 6 nitrogen and oxygen atoms in total. The number of hydrogen-bond donors (Lipinski definition) is 2. The second-order valence-corrected chi connectivity index (χ2v) is 11.4. The number of rotatable bonds is 5. The number of likely N-dealkylation sites (tertiary alicyclic amines) is 1. The van der Waals surface area contributed by atoms with E-state index in [0.717, 1.165) is 26.4 Å². The third kappa shape index (κ3) is 6.24. The molecular formula is C29H33BrFN3O3. The highest BCUT2D eigenvalue weighted by atomic mass is 79.9. The summed E-state index contributed by atoms with van der Waals surface area (Å²) in [7, 11) is 0. The van der Waals surface area contributed by atoms with E-state index in [2.05, 4.69) is 26.6 Å². The van der Waals surface area contributed by atoms with Gasteiger partial charge in [-0.3, -0.25) is 4.79 Å². The lowest BCUT2D eigenvalue weighted by Gasteiger charge is -2.24. The number of fused-ring (bicyclic) bond motifs is 1. The van der Waals surface area contributed by atoms with Crippen LogP contribution in [0.1, 0.15) is 55.2 Å². The van der Waals surface area contributed by atoms with Crippen LogP contribution in [0.4, 0.5) is 14.9 Å². The zero-order valence-electron chi connectivity index (χ0n) is 21.8. The zero-order valence-corrected chi connectivity index (χ0v) is 23.4. The quantitative estimate of drug-likeness (QED) is 0.355. The van der Waals surface area contributed by atoms with Gasteiger partial charge in [0.05, 0.1) is 18.6 Å². The van der Waals surface area contributed by atoms with Crippen molar-refractivity contribution >= 4 is 44.4 Å². The Bertz CT molecular complexity index is 1320. The van der Waals surface area contributed by atoms with Crippen LogP contribution in [-0.4, -0.2) is 47.8 Å². The van der Waals surface area contributed by atoms with Gasteiger partial charge in [-0.15, -0.1) is 0 Å². The smallest absolute Gasteiger partial charge is 0.410 e. The van der Waals surface area contributed by atoms with E-state index in [9.17, 15) is 14.0 Å². The fourth-order valence-electron chi connectivity index (χ4n) is 4.56. The van der Waals surface area contributed by atoms with E-state index < -0.39 is 23.9 Å². The van der Waals surface area contributed by atoms with Gasteiger partial charge in [-0.2, -0.15) is 0 Å². The fraction of sp³-hybridized carbons (Fsp3) is 0.379. The lowest BCUT2D eigenvalue weighted by atomic mass is 9.99. The Labute approximate surface area is 225 Å². The highest BCUT2D eigenvalue weighted by molar-refractivity contribution is 9.10. The number of carbonyl (C=O) groups is 2. The highest BCUT2D eigenvalue weighted by Gasteiger charge is 2.37. The van der Waals surface area contributed by atoms with Crippen LogP contribution >= 0.6 is 15.9 Å². The predicted octanol–water partition coefficient (Wildman–Crippen LogP) is 6.77. The monoisotopic (exact) mass is 569 g/mol. The number of anilines is 1. The number of hydrogen-bond acceptors (Lipinski definition) is 4. The lowest BCUT2D eigenvalue weighted by Crippen LogP contribution is -2.36. The predicted molar refractivity (Wildman–Crippen MR) is 149 cm³/mol. The molecule has 1 heterocycles. The van der Waals surface area contributed by atoms with E-state index >= 15 is 0 Å². The van der Waals surface area contributed by atoms with Gasteiger partial charge in [-0.25, -0.2) is 9.18 Å². The number of nitrogens with one attached hydrogen (secondary N) is 2. The molecular weight excluding hydrogens is 537 g/mol. The van der Waals surface area contributed by atoms with Gasteiger partial charge in [0.15, 0.2) is 0 Å². The summed E-state index contributed by atoms with van der Waals surface area (Å²) in [6, 6.07) is 16.6. The van der Waals surface area contributed by atoms with Crippen LogP contribution < -0.4 is 10.6 Å². The molecule has 4 rings (SSSR count). The Hall–Kier alpha value is -3.13. The Morgan fingerprint density at radius 1 is 1.08 bits per heavy atom. The molecule has 0 radical (unpaired) electrons. The van der Waals surface area contributed by atoms with Crippen LogP contribution in [0.5, 0.6) is 0 Å². The van der Waals surface area contributed by atoms with Crippen LogP contribution in [0.15, 0.2) is 59.1 Å². The van der Waals surface area contributed by atoms with Gasteiger partial charge in [-0.05, 0) is 74.7 Å². The third-order valence-electron chi connectivity index (χ3n) is 6.45. The van der Waals surface area contributed by atoms with Gasteiger partial charge in [0.2, 0.25) is 0 Å². The van der Waals surface area contributed by atoms with Gasteiger partial charge < -0.3 is 20.3 Å². The van der Waals surface area contributed by atoms with Crippen LogP contribution in [0.25, 0.3) is 10.8 Å². The van der Waals surface area contributed by atoms with Crippen LogP contribution in [0.3, 0.4) is 0 Å². The molecule has 0 saturated carbocycles. The average molecular weight is 571 g/mol. The van der Waals surface area contributed by atoms with Crippen LogP contribution in [-0.2, 0) is 4.74 Å².